The van der Waals surface area contributed by atoms with E-state index in [4.69, 9.17) is 5.11 Å². The van der Waals surface area contributed by atoms with Gasteiger partial charge in [0.25, 0.3) is 0 Å². The van der Waals surface area contributed by atoms with E-state index in [1.807, 2.05) is 0 Å². The second-order valence-corrected chi connectivity index (χ2v) is 6.09. The zero-order valence-electron chi connectivity index (χ0n) is 11.3. The molecule has 2 nitrogen and oxygen atoms in total. The van der Waals surface area contributed by atoms with Crippen molar-refractivity contribution >= 4 is 0 Å². The van der Waals surface area contributed by atoms with Gasteiger partial charge < -0.3 is 5.11 Å². The molecule has 0 bridgehead atoms. The number of aliphatic hydroxyl groups is 1. The van der Waals surface area contributed by atoms with Gasteiger partial charge in [-0.25, -0.2) is 0 Å². The first kappa shape index (κ1) is 14.0. The summed E-state index contributed by atoms with van der Waals surface area (Å²) in [6.07, 6.45) is 9.20. The van der Waals surface area contributed by atoms with Crippen molar-refractivity contribution in [2.24, 2.45) is 0 Å². The minimum absolute atomic E-state index is 0.240. The van der Waals surface area contributed by atoms with E-state index in [0.717, 1.165) is 19.0 Å². The molecule has 0 atom stereocenters. The lowest BCUT2D eigenvalue weighted by Gasteiger charge is -2.41. The molecule has 1 aliphatic rings. The number of nitrogens with zero attached hydrogens (tertiary/aromatic N) is 1. The molecule has 0 aromatic rings. The van der Waals surface area contributed by atoms with Crippen LogP contribution < -0.4 is 0 Å². The predicted octanol–water partition coefficient (Wildman–Crippen LogP) is 3.19. The van der Waals surface area contributed by atoms with Gasteiger partial charge in [0.15, 0.2) is 0 Å². The summed E-state index contributed by atoms with van der Waals surface area (Å²) in [6.45, 7) is 8.27. The zero-order valence-corrected chi connectivity index (χ0v) is 11.3. The molecule has 1 fully saturated rings. The third-order valence-electron chi connectivity index (χ3n) is 3.68. The summed E-state index contributed by atoms with van der Waals surface area (Å²) < 4.78 is 0. The molecule has 0 heterocycles. The molecule has 0 spiro atoms. The molecule has 1 saturated carbocycles. The van der Waals surface area contributed by atoms with Gasteiger partial charge >= 0.3 is 0 Å². The summed E-state index contributed by atoms with van der Waals surface area (Å²) in [6, 6.07) is 0.744. The van der Waals surface area contributed by atoms with Crippen LogP contribution in [0.4, 0.5) is 0 Å². The minimum atomic E-state index is 0.240. The molecule has 1 rings (SSSR count). The predicted molar refractivity (Wildman–Crippen MR) is 69.7 cm³/mol. The molecule has 16 heavy (non-hydrogen) atoms. The summed E-state index contributed by atoms with van der Waals surface area (Å²) in [5.74, 6) is 0. The van der Waals surface area contributed by atoms with Gasteiger partial charge in [-0.15, -0.1) is 0 Å². The Morgan fingerprint density at radius 3 is 2.06 bits per heavy atom. The molecular formula is C14H29NO. The van der Waals surface area contributed by atoms with E-state index >= 15 is 0 Å². The summed E-state index contributed by atoms with van der Waals surface area (Å²) in [4.78, 5) is 2.62. The second kappa shape index (κ2) is 6.61. The number of rotatable bonds is 4. The normalized spacial score (nSPS) is 20.1. The number of aliphatic hydroxyl groups excluding tert-OH is 1. The Bertz CT molecular complexity index is 178. The summed E-state index contributed by atoms with van der Waals surface area (Å²) in [5, 5.41) is 9.01. The first-order valence-corrected chi connectivity index (χ1v) is 6.93. The smallest absolute Gasteiger partial charge is 0.0443 e. The molecule has 0 aromatic heterocycles. The van der Waals surface area contributed by atoms with Crippen LogP contribution in [0.1, 0.15) is 65.7 Å². The van der Waals surface area contributed by atoms with E-state index in [2.05, 4.69) is 25.7 Å². The summed E-state index contributed by atoms with van der Waals surface area (Å²) in [5.41, 5.74) is 0.240. The van der Waals surface area contributed by atoms with Crippen molar-refractivity contribution < 1.29 is 5.11 Å². The van der Waals surface area contributed by atoms with Gasteiger partial charge in [0.2, 0.25) is 0 Å². The molecule has 0 amide bonds. The standard InChI is InChI=1S/C14H29NO/c1-14(2,3)15(11-8-12-16)13-9-6-4-5-7-10-13/h13,16H,4-12H2,1-3H3. The van der Waals surface area contributed by atoms with Crippen LogP contribution in [0.5, 0.6) is 0 Å². The molecule has 0 aliphatic heterocycles. The Morgan fingerprint density at radius 1 is 1.06 bits per heavy atom. The SMILES string of the molecule is CC(C)(C)N(CCCO)C1CCCCCC1. The van der Waals surface area contributed by atoms with Gasteiger partial charge in [-0.05, 0) is 40.0 Å². The Kier molecular flexibility index (Phi) is 5.77. The molecule has 1 aliphatic carbocycles. The third-order valence-corrected chi connectivity index (χ3v) is 3.68. The number of hydrogen-bond acceptors (Lipinski definition) is 2. The maximum Gasteiger partial charge on any atom is 0.0443 e. The highest BCUT2D eigenvalue weighted by Crippen LogP contribution is 2.27. The summed E-state index contributed by atoms with van der Waals surface area (Å²) in [7, 11) is 0. The Morgan fingerprint density at radius 2 is 1.62 bits per heavy atom. The Labute approximate surface area is 101 Å². The van der Waals surface area contributed by atoms with Gasteiger partial charge in [-0.2, -0.15) is 0 Å². The molecular weight excluding hydrogens is 198 g/mol. The van der Waals surface area contributed by atoms with Crippen molar-refractivity contribution in [1.29, 1.82) is 0 Å². The topological polar surface area (TPSA) is 23.5 Å². The maximum atomic E-state index is 9.01. The lowest BCUT2D eigenvalue weighted by Crippen LogP contribution is -2.48. The van der Waals surface area contributed by atoms with E-state index in [0.29, 0.717) is 6.61 Å². The van der Waals surface area contributed by atoms with Crippen LogP contribution in [-0.2, 0) is 0 Å². The van der Waals surface area contributed by atoms with Gasteiger partial charge in [0, 0.05) is 24.7 Å². The highest BCUT2D eigenvalue weighted by molar-refractivity contribution is 4.84. The van der Waals surface area contributed by atoms with Crippen LogP contribution in [0.15, 0.2) is 0 Å². The van der Waals surface area contributed by atoms with Gasteiger partial charge in [-0.3, -0.25) is 4.90 Å². The second-order valence-electron chi connectivity index (χ2n) is 6.09. The van der Waals surface area contributed by atoms with Crippen molar-refractivity contribution in [1.82, 2.24) is 4.90 Å². The van der Waals surface area contributed by atoms with Crippen molar-refractivity contribution in [3.63, 3.8) is 0 Å². The van der Waals surface area contributed by atoms with Crippen LogP contribution in [0.25, 0.3) is 0 Å². The fourth-order valence-electron chi connectivity index (χ4n) is 2.88. The van der Waals surface area contributed by atoms with Crippen molar-refractivity contribution in [2.45, 2.75) is 77.3 Å². The maximum absolute atomic E-state index is 9.01. The van der Waals surface area contributed by atoms with E-state index < -0.39 is 0 Å². The van der Waals surface area contributed by atoms with E-state index in [9.17, 15) is 0 Å². The lowest BCUT2D eigenvalue weighted by atomic mass is 9.98. The first-order chi connectivity index (χ1) is 7.55. The third kappa shape index (κ3) is 4.42. The fraction of sp³-hybridized carbons (Fsp3) is 1.00. The highest BCUT2D eigenvalue weighted by Gasteiger charge is 2.28. The van der Waals surface area contributed by atoms with Crippen molar-refractivity contribution in [3.8, 4) is 0 Å². The van der Waals surface area contributed by atoms with Gasteiger partial charge in [0.05, 0.1) is 0 Å². The van der Waals surface area contributed by atoms with Gasteiger partial charge in [0.1, 0.15) is 0 Å². The fourth-order valence-corrected chi connectivity index (χ4v) is 2.88. The molecule has 0 aromatic carbocycles. The first-order valence-electron chi connectivity index (χ1n) is 6.93. The van der Waals surface area contributed by atoms with Gasteiger partial charge in [-0.1, -0.05) is 25.7 Å². The van der Waals surface area contributed by atoms with E-state index in [1.165, 1.54) is 38.5 Å². The van der Waals surface area contributed by atoms with Crippen molar-refractivity contribution in [3.05, 3.63) is 0 Å². The molecule has 96 valence electrons. The van der Waals surface area contributed by atoms with Crippen LogP contribution in [0.2, 0.25) is 0 Å². The molecule has 0 unspecified atom stereocenters. The van der Waals surface area contributed by atoms with E-state index in [1.54, 1.807) is 0 Å². The van der Waals surface area contributed by atoms with Crippen LogP contribution in [0.3, 0.4) is 0 Å². The number of hydrogen-bond donors (Lipinski definition) is 1. The van der Waals surface area contributed by atoms with E-state index in [-0.39, 0.29) is 5.54 Å². The monoisotopic (exact) mass is 227 g/mol. The molecule has 1 N–H and O–H groups in total. The molecule has 2 heteroatoms. The summed E-state index contributed by atoms with van der Waals surface area (Å²) >= 11 is 0. The quantitative estimate of drug-likeness (QED) is 0.746. The molecule has 0 radical (unpaired) electrons. The Hall–Kier alpha value is -0.0800. The minimum Gasteiger partial charge on any atom is -0.396 e. The molecule has 0 saturated heterocycles. The highest BCUT2D eigenvalue weighted by atomic mass is 16.3. The Balaban J connectivity index is 2.58. The average molecular weight is 227 g/mol. The zero-order chi connectivity index (χ0) is 12.0. The van der Waals surface area contributed by atoms with Crippen LogP contribution in [-0.4, -0.2) is 34.7 Å². The van der Waals surface area contributed by atoms with Crippen LogP contribution in [0, 0.1) is 0 Å². The van der Waals surface area contributed by atoms with Crippen LogP contribution >= 0.6 is 0 Å². The average Bonchev–Trinajstić information content (AvgIpc) is 2.45. The van der Waals surface area contributed by atoms with Crippen molar-refractivity contribution in [2.75, 3.05) is 13.2 Å². The lowest BCUT2D eigenvalue weighted by molar-refractivity contribution is 0.0652. The largest absolute Gasteiger partial charge is 0.396 e.